The number of nitrogens with one attached hydrogen (secondary N) is 2. The molecule has 0 fully saturated rings. The van der Waals surface area contributed by atoms with Crippen LogP contribution in [0.15, 0.2) is 42.6 Å². The van der Waals surface area contributed by atoms with E-state index in [1.165, 1.54) is 0 Å². The maximum atomic E-state index is 11.7. The van der Waals surface area contributed by atoms with Crippen LogP contribution in [-0.2, 0) is 11.3 Å². The molecule has 0 spiro atoms. The maximum Gasteiger partial charge on any atom is 0.413 e. The Kier molecular flexibility index (Phi) is 5.45. The number of pyridine rings is 1. The van der Waals surface area contributed by atoms with Gasteiger partial charge in [0.25, 0.3) is 0 Å². The van der Waals surface area contributed by atoms with Gasteiger partial charge in [-0.25, -0.2) is 9.78 Å². The molecule has 2 rings (SSSR count). The Hall–Kier alpha value is -2.27. The molecule has 0 atom stereocenters. The van der Waals surface area contributed by atoms with Gasteiger partial charge in [0.15, 0.2) is 0 Å². The number of hydrogen-bond acceptors (Lipinski definition) is 4. The van der Waals surface area contributed by atoms with Crippen molar-refractivity contribution in [2.24, 2.45) is 0 Å². The first-order valence-electron chi connectivity index (χ1n) is 7.26. The summed E-state index contributed by atoms with van der Waals surface area (Å²) in [5, 5.41) is 6.54. The third-order valence-corrected chi connectivity index (χ3v) is 3.01. The molecule has 5 nitrogen and oxygen atoms in total. The van der Waals surface area contributed by atoms with E-state index in [-0.39, 0.29) is 0 Å². The molecule has 2 aromatic rings. The van der Waals surface area contributed by atoms with Crippen LogP contribution in [0.1, 0.15) is 26.3 Å². The van der Waals surface area contributed by atoms with E-state index in [0.717, 1.165) is 11.3 Å². The van der Waals surface area contributed by atoms with Gasteiger partial charge in [-0.15, -0.1) is 0 Å². The lowest BCUT2D eigenvalue weighted by Crippen LogP contribution is -2.27. The summed E-state index contributed by atoms with van der Waals surface area (Å²) < 4.78 is 5.17. The number of ether oxygens (including phenoxy) is 1. The number of nitrogens with zero attached hydrogens (tertiary/aromatic N) is 1. The lowest BCUT2D eigenvalue weighted by atomic mass is 10.2. The highest BCUT2D eigenvalue weighted by Gasteiger charge is 2.16. The lowest BCUT2D eigenvalue weighted by molar-refractivity contribution is 0.0635. The van der Waals surface area contributed by atoms with E-state index in [1.54, 1.807) is 12.3 Å². The van der Waals surface area contributed by atoms with Gasteiger partial charge in [0.05, 0.1) is 11.9 Å². The van der Waals surface area contributed by atoms with Crippen LogP contribution < -0.4 is 10.6 Å². The molecule has 0 saturated heterocycles. The molecule has 23 heavy (non-hydrogen) atoms. The molecule has 0 bridgehead atoms. The molecule has 0 aliphatic rings. The maximum absolute atomic E-state index is 11.7. The van der Waals surface area contributed by atoms with Crippen molar-refractivity contribution in [3.63, 3.8) is 0 Å². The van der Waals surface area contributed by atoms with Crippen molar-refractivity contribution >= 4 is 29.2 Å². The summed E-state index contributed by atoms with van der Waals surface area (Å²) in [4.78, 5) is 15.8. The second kappa shape index (κ2) is 7.33. The van der Waals surface area contributed by atoms with Gasteiger partial charge < -0.3 is 10.1 Å². The Morgan fingerprint density at radius 1 is 1.26 bits per heavy atom. The molecule has 0 aliphatic heterocycles. The molecule has 1 amide bonds. The molecule has 6 heteroatoms. The number of benzene rings is 1. The van der Waals surface area contributed by atoms with Gasteiger partial charge in [-0.3, -0.25) is 5.32 Å². The number of aromatic nitrogens is 1. The Bertz CT molecular complexity index is 666. The highest BCUT2D eigenvalue weighted by molar-refractivity contribution is 6.30. The summed E-state index contributed by atoms with van der Waals surface area (Å²) in [5.74, 6) is 0.438. The molecule has 1 aromatic carbocycles. The Morgan fingerprint density at radius 3 is 2.65 bits per heavy atom. The van der Waals surface area contributed by atoms with Crippen molar-refractivity contribution in [2.45, 2.75) is 32.9 Å². The normalized spacial score (nSPS) is 11.0. The summed E-state index contributed by atoms with van der Waals surface area (Å²) in [7, 11) is 0. The Labute approximate surface area is 141 Å². The molecular formula is C17H20ClN3O2. The van der Waals surface area contributed by atoms with Crippen molar-refractivity contribution < 1.29 is 9.53 Å². The molecule has 0 aliphatic carbocycles. The van der Waals surface area contributed by atoms with E-state index in [0.29, 0.717) is 17.4 Å². The van der Waals surface area contributed by atoms with Crippen molar-refractivity contribution in [1.29, 1.82) is 0 Å². The smallest absolute Gasteiger partial charge is 0.413 e. The fourth-order valence-electron chi connectivity index (χ4n) is 1.83. The first-order valence-corrected chi connectivity index (χ1v) is 7.64. The van der Waals surface area contributed by atoms with E-state index in [4.69, 9.17) is 16.3 Å². The molecule has 1 heterocycles. The molecule has 1 aromatic heterocycles. The quantitative estimate of drug-likeness (QED) is 0.851. The van der Waals surface area contributed by atoms with Crippen LogP contribution in [0.25, 0.3) is 0 Å². The third kappa shape index (κ3) is 6.16. The molecular weight excluding hydrogens is 314 g/mol. The fourth-order valence-corrected chi connectivity index (χ4v) is 2.04. The second-order valence-electron chi connectivity index (χ2n) is 6.04. The lowest BCUT2D eigenvalue weighted by Gasteiger charge is -2.19. The van der Waals surface area contributed by atoms with Crippen molar-refractivity contribution in [3.8, 4) is 0 Å². The van der Waals surface area contributed by atoms with Gasteiger partial charge >= 0.3 is 6.09 Å². The number of anilines is 2. The van der Waals surface area contributed by atoms with Crippen LogP contribution in [0.4, 0.5) is 16.3 Å². The van der Waals surface area contributed by atoms with E-state index in [9.17, 15) is 4.79 Å². The van der Waals surface area contributed by atoms with Crippen LogP contribution in [0.2, 0.25) is 5.02 Å². The van der Waals surface area contributed by atoms with Gasteiger partial charge in [-0.1, -0.05) is 23.7 Å². The van der Waals surface area contributed by atoms with E-state index in [1.807, 2.05) is 51.1 Å². The SMILES string of the molecule is CC(C)(C)OC(=O)Nc1ccc(NCc2cccc(Cl)c2)cn1. The summed E-state index contributed by atoms with van der Waals surface area (Å²) in [6, 6.07) is 11.2. The van der Waals surface area contributed by atoms with Crippen LogP contribution in [0, 0.1) is 0 Å². The number of amides is 1. The van der Waals surface area contributed by atoms with Crippen molar-refractivity contribution in [3.05, 3.63) is 53.2 Å². The van der Waals surface area contributed by atoms with Gasteiger partial charge in [0, 0.05) is 11.6 Å². The minimum Gasteiger partial charge on any atom is -0.444 e. The average molecular weight is 334 g/mol. The fraction of sp³-hybridized carbons (Fsp3) is 0.294. The van der Waals surface area contributed by atoms with E-state index < -0.39 is 11.7 Å². The molecule has 0 radical (unpaired) electrons. The monoisotopic (exact) mass is 333 g/mol. The van der Waals surface area contributed by atoms with Gasteiger partial charge in [-0.05, 0) is 50.6 Å². The topological polar surface area (TPSA) is 63.2 Å². The van der Waals surface area contributed by atoms with Crippen LogP contribution in [0.5, 0.6) is 0 Å². The number of carbonyl (C=O) groups is 1. The van der Waals surface area contributed by atoms with Crippen LogP contribution >= 0.6 is 11.6 Å². The number of carbonyl (C=O) groups excluding carboxylic acids is 1. The molecule has 2 N–H and O–H groups in total. The first kappa shape index (κ1) is 17.1. The van der Waals surface area contributed by atoms with E-state index >= 15 is 0 Å². The Balaban J connectivity index is 1.88. The molecule has 0 unspecified atom stereocenters. The van der Waals surface area contributed by atoms with Crippen LogP contribution in [-0.4, -0.2) is 16.7 Å². The summed E-state index contributed by atoms with van der Waals surface area (Å²) in [6.45, 7) is 6.07. The Morgan fingerprint density at radius 2 is 2.04 bits per heavy atom. The largest absolute Gasteiger partial charge is 0.444 e. The second-order valence-corrected chi connectivity index (χ2v) is 6.48. The zero-order valence-corrected chi connectivity index (χ0v) is 14.1. The minimum absolute atomic E-state index is 0.438. The summed E-state index contributed by atoms with van der Waals surface area (Å²) in [6.07, 6.45) is 1.13. The number of rotatable bonds is 4. The zero-order valence-electron chi connectivity index (χ0n) is 13.4. The minimum atomic E-state index is -0.539. The zero-order chi connectivity index (χ0) is 16.9. The van der Waals surface area contributed by atoms with Crippen LogP contribution in [0.3, 0.4) is 0 Å². The third-order valence-electron chi connectivity index (χ3n) is 2.78. The van der Waals surface area contributed by atoms with Crippen molar-refractivity contribution in [2.75, 3.05) is 10.6 Å². The molecule has 0 saturated carbocycles. The summed E-state index contributed by atoms with van der Waals surface area (Å²) in [5.41, 5.74) is 1.39. The van der Waals surface area contributed by atoms with Gasteiger partial charge in [0.2, 0.25) is 0 Å². The van der Waals surface area contributed by atoms with E-state index in [2.05, 4.69) is 15.6 Å². The number of halogens is 1. The predicted octanol–water partition coefficient (Wildman–Crippen LogP) is 4.69. The standard InChI is InChI=1S/C17H20ClN3O2/c1-17(2,3)23-16(22)21-15-8-7-14(11-20-15)19-10-12-5-4-6-13(18)9-12/h4-9,11,19H,10H2,1-3H3,(H,20,21,22). The summed E-state index contributed by atoms with van der Waals surface area (Å²) >= 11 is 5.95. The first-order chi connectivity index (χ1) is 10.8. The highest BCUT2D eigenvalue weighted by atomic mass is 35.5. The molecule has 122 valence electrons. The van der Waals surface area contributed by atoms with Crippen molar-refractivity contribution in [1.82, 2.24) is 4.98 Å². The predicted molar refractivity (Wildman–Crippen MR) is 92.9 cm³/mol. The van der Waals surface area contributed by atoms with Gasteiger partial charge in [-0.2, -0.15) is 0 Å². The highest BCUT2D eigenvalue weighted by Crippen LogP contribution is 2.15. The van der Waals surface area contributed by atoms with Gasteiger partial charge in [0.1, 0.15) is 11.4 Å². The average Bonchev–Trinajstić information content (AvgIpc) is 2.44. The number of hydrogen-bond donors (Lipinski definition) is 2.